The third kappa shape index (κ3) is 12.1. The molecule has 0 saturated heterocycles. The second-order valence-electron chi connectivity index (χ2n) is 21.8. The van der Waals surface area contributed by atoms with E-state index in [0.29, 0.717) is 79.2 Å². The number of H-pyrrole nitrogens is 3. The Bertz CT molecular complexity index is 5080. The van der Waals surface area contributed by atoms with Gasteiger partial charge in [0.25, 0.3) is 5.91 Å². The first-order valence-corrected chi connectivity index (χ1v) is 34.7. The van der Waals surface area contributed by atoms with Crippen LogP contribution in [0.3, 0.4) is 0 Å². The highest BCUT2D eigenvalue weighted by atomic mass is 32.2. The van der Waals surface area contributed by atoms with Crippen molar-refractivity contribution in [3.05, 3.63) is 162 Å². The number of thiophene rings is 2. The molecule has 1 aliphatic rings. The van der Waals surface area contributed by atoms with E-state index in [0.717, 1.165) is 66.4 Å². The van der Waals surface area contributed by atoms with E-state index in [1.165, 1.54) is 16.2 Å². The predicted molar refractivity (Wildman–Crippen MR) is 357 cm³/mol. The molecule has 0 aliphatic carbocycles. The first-order chi connectivity index (χ1) is 43.1. The van der Waals surface area contributed by atoms with Gasteiger partial charge in [0.1, 0.15) is 35.8 Å². The third-order valence-electron chi connectivity index (χ3n) is 14.9. The first kappa shape index (κ1) is 62.2. The van der Waals surface area contributed by atoms with Gasteiger partial charge in [-0.25, -0.2) is 55.2 Å². The van der Waals surface area contributed by atoms with Crippen LogP contribution < -0.4 is 9.47 Å². The van der Waals surface area contributed by atoms with Gasteiger partial charge in [-0.2, -0.15) is 16.6 Å². The molecule has 0 fully saturated rings. The first-order valence-electron chi connectivity index (χ1n) is 28.3. The van der Waals surface area contributed by atoms with E-state index < -0.39 is 45.3 Å². The fraction of sp³-hybridized carbons (Fsp3) is 0.200. The summed E-state index contributed by atoms with van der Waals surface area (Å²) in [6.07, 6.45) is 10.4. The molecule has 1 aliphatic heterocycles. The van der Waals surface area contributed by atoms with Crippen LogP contribution in [0.15, 0.2) is 165 Å². The monoisotopic (exact) mass is 1300 g/mol. The number of nitriles is 1. The molecule has 0 atom stereocenters. The zero-order chi connectivity index (χ0) is 63.8. The molecule has 4 aromatic carbocycles. The molecule has 25 heteroatoms. The van der Waals surface area contributed by atoms with E-state index in [4.69, 9.17) is 24.4 Å². The number of carbonyl (C=O) groups excluding carboxylic acids is 1. The second-order valence-corrected chi connectivity index (χ2v) is 31.0. The minimum Gasteiger partial charge on any atom is -0.485 e. The average molecular weight is 1300 g/mol. The van der Waals surface area contributed by atoms with Crippen LogP contribution in [-0.2, 0) is 29.5 Å². The van der Waals surface area contributed by atoms with Crippen molar-refractivity contribution in [3.8, 4) is 84.0 Å². The highest BCUT2D eigenvalue weighted by molar-refractivity contribution is 7.92. The molecule has 12 aromatic rings. The lowest BCUT2D eigenvalue weighted by Crippen LogP contribution is -2.22. The molecule has 90 heavy (non-hydrogen) atoms. The van der Waals surface area contributed by atoms with Crippen molar-refractivity contribution < 1.29 is 43.8 Å². The molecule has 20 nitrogen and oxygen atoms in total. The maximum Gasteiger partial charge on any atom is 0.253 e. The smallest absolute Gasteiger partial charge is 0.253 e. The lowest BCUT2D eigenvalue weighted by molar-refractivity contribution is 0.0828. The van der Waals surface area contributed by atoms with Gasteiger partial charge in [0.05, 0.1) is 76.5 Å². The third-order valence-corrected chi connectivity index (χ3v) is 23.1. The molecular formula is C65H65N11O9S5. The van der Waals surface area contributed by atoms with Crippen molar-refractivity contribution in [1.82, 2.24) is 49.8 Å². The molecule has 0 radical (unpaired) electrons. The van der Waals surface area contributed by atoms with Gasteiger partial charge < -0.3 is 29.3 Å². The summed E-state index contributed by atoms with van der Waals surface area (Å²) in [5.41, 5.74) is 13.5. The van der Waals surface area contributed by atoms with Crippen LogP contribution in [0.4, 0.5) is 0 Å². The number of aromatic nitrogens is 9. The fourth-order valence-electron chi connectivity index (χ4n) is 9.72. The Morgan fingerprint density at radius 2 is 0.956 bits per heavy atom. The second kappa shape index (κ2) is 25.2. The number of hydrogen-bond acceptors (Lipinski definition) is 18. The van der Waals surface area contributed by atoms with Crippen LogP contribution in [0.1, 0.15) is 61.7 Å². The van der Waals surface area contributed by atoms with E-state index in [9.17, 15) is 35.3 Å². The van der Waals surface area contributed by atoms with E-state index in [2.05, 4.69) is 36.0 Å². The van der Waals surface area contributed by atoms with Crippen molar-refractivity contribution in [3.63, 3.8) is 0 Å². The Balaban J connectivity index is 0.000000177. The SMILES string of the molecule is CC(C)S(=O)(=O)c1ccc(-c2cnc3[nH]cc(-c4ccccc4C(=O)N(C)C)c3n2)cc1.CC(C)S(=O)(=O)c1ccc(-c2cnc3[nH]cc(-c4cscc4C#N)c3n2)cc1.CC(C)S(=O)(=O)c1ccc(-c2cnc3[nH]cc(-c4scc5c4OCCO5)c3n2)cc1.[HH].[HH].[HH]. The van der Waals surface area contributed by atoms with Gasteiger partial charge in [-0.15, -0.1) is 11.3 Å². The molecule has 9 heterocycles. The van der Waals surface area contributed by atoms with E-state index in [-0.39, 0.29) is 15.1 Å². The maximum atomic E-state index is 12.7. The largest absolute Gasteiger partial charge is 0.485 e. The van der Waals surface area contributed by atoms with Crippen molar-refractivity contribution in [2.45, 2.75) is 72.0 Å². The quantitative estimate of drug-likeness (QED) is 0.0966. The molecular weight excluding hydrogens is 1240 g/mol. The van der Waals surface area contributed by atoms with E-state index >= 15 is 0 Å². The van der Waals surface area contributed by atoms with Gasteiger partial charge in [-0.3, -0.25) is 4.79 Å². The van der Waals surface area contributed by atoms with Crippen molar-refractivity contribution in [2.24, 2.45) is 0 Å². The number of aromatic amines is 3. The zero-order valence-corrected chi connectivity index (χ0v) is 54.0. The molecule has 13 rings (SSSR count). The summed E-state index contributed by atoms with van der Waals surface area (Å²) in [6, 6.07) is 29.7. The number of ether oxygens (including phenoxy) is 2. The summed E-state index contributed by atoms with van der Waals surface area (Å²) in [5.74, 6) is 1.39. The molecule has 0 spiro atoms. The number of hydrogen-bond donors (Lipinski definition) is 3. The van der Waals surface area contributed by atoms with E-state index in [1.807, 2.05) is 35.2 Å². The van der Waals surface area contributed by atoms with Gasteiger partial charge in [-0.1, -0.05) is 54.6 Å². The molecule has 8 aromatic heterocycles. The number of rotatable bonds is 13. The van der Waals surface area contributed by atoms with Crippen LogP contribution in [-0.4, -0.2) is 124 Å². The van der Waals surface area contributed by atoms with Gasteiger partial charge in [0.2, 0.25) is 0 Å². The molecule has 1 amide bonds. The van der Waals surface area contributed by atoms with Gasteiger partial charge in [-0.05, 0) is 89.6 Å². The summed E-state index contributed by atoms with van der Waals surface area (Å²) in [5, 5.41) is 13.5. The highest BCUT2D eigenvalue weighted by Gasteiger charge is 2.26. The summed E-state index contributed by atoms with van der Waals surface area (Å²) in [6.45, 7) is 11.1. The topological polar surface area (TPSA) is 290 Å². The van der Waals surface area contributed by atoms with Crippen molar-refractivity contribution in [2.75, 3.05) is 27.3 Å². The summed E-state index contributed by atoms with van der Waals surface area (Å²) in [4.78, 5) is 53.1. The molecule has 0 saturated carbocycles. The van der Waals surface area contributed by atoms with Crippen molar-refractivity contribution >= 4 is 91.6 Å². The zero-order valence-electron chi connectivity index (χ0n) is 49.9. The van der Waals surface area contributed by atoms with Crippen LogP contribution >= 0.6 is 22.7 Å². The fourth-order valence-corrected chi connectivity index (χ4v) is 14.6. The minimum atomic E-state index is -3.34. The Labute approximate surface area is 532 Å². The average Bonchev–Trinajstić information content (AvgIpc) is 1.67. The highest BCUT2D eigenvalue weighted by Crippen LogP contribution is 2.47. The Hall–Kier alpha value is -9.45. The number of nitrogens with one attached hydrogen (secondary N) is 3. The summed E-state index contributed by atoms with van der Waals surface area (Å²) in [7, 11) is -6.53. The number of amides is 1. The predicted octanol–water partition coefficient (Wildman–Crippen LogP) is 13.6. The summed E-state index contributed by atoms with van der Waals surface area (Å²) < 4.78 is 85.6. The minimum absolute atomic E-state index is 0. The van der Waals surface area contributed by atoms with Crippen LogP contribution in [0, 0.1) is 11.3 Å². The Morgan fingerprint density at radius 1 is 0.544 bits per heavy atom. The number of benzene rings is 4. The van der Waals surface area contributed by atoms with Crippen LogP contribution in [0.25, 0.3) is 100.0 Å². The van der Waals surface area contributed by atoms with Crippen LogP contribution in [0.5, 0.6) is 11.5 Å². The molecule has 0 bridgehead atoms. The standard InChI is InChI=1S/C24H24N4O3S.C21H19N3O4S2.C20H16N4O2S2.3H2/c1-15(2)32(30,31)17-11-9-16(10-12-17)21-14-26-23-22(27-21)20(13-25-23)18-7-5-6-8-19(18)24(29)28(3)4;1-12(2)30(25,26)14-5-3-13(4-6-14)16-10-23-21-18(24-16)15(9-22-21)20-19-17(11-29-20)27-7-8-28-19;1-12(2)28(25,26)15-5-3-13(4-6-15)18-9-23-20-19(24-18)16(8-22-20)17-11-27-10-14(17)7-21;;;/h5-15H,1-4H3,(H,25,26);3-6,9-12H,7-8H2,1-2H3,(H,22,23);3-6,8-12H,1-2H3,(H,22,23);3*1H. The number of sulfone groups is 3. The molecule has 0 unspecified atom stereocenters. The molecule has 464 valence electrons. The van der Waals surface area contributed by atoms with Gasteiger partial charge in [0.15, 0.2) is 58.0 Å². The molecule has 3 N–H and O–H groups in total. The normalized spacial score (nSPS) is 12.5. The van der Waals surface area contributed by atoms with Crippen LogP contribution in [0.2, 0.25) is 0 Å². The Morgan fingerprint density at radius 3 is 1.39 bits per heavy atom. The lowest BCUT2D eigenvalue weighted by atomic mass is 10.0. The maximum absolute atomic E-state index is 12.7. The number of carbonyl (C=O) groups is 1. The van der Waals surface area contributed by atoms with Gasteiger partial charge >= 0.3 is 0 Å². The number of fused-ring (bicyclic) bond motifs is 4. The summed E-state index contributed by atoms with van der Waals surface area (Å²) >= 11 is 3.01. The van der Waals surface area contributed by atoms with Crippen molar-refractivity contribution in [1.29, 1.82) is 5.26 Å². The lowest BCUT2D eigenvalue weighted by Gasteiger charge is -2.15. The Kier molecular flexibility index (Phi) is 17.4. The number of nitrogens with zero attached hydrogens (tertiary/aromatic N) is 8. The van der Waals surface area contributed by atoms with E-state index in [1.54, 1.807) is 182 Å². The van der Waals surface area contributed by atoms with Gasteiger partial charge in [0, 0.05) is 97.6 Å².